The molecule has 0 heterocycles. The number of hydrogen-bond donors (Lipinski definition) is 0. The number of benzene rings is 6. The molecular weight excluding hydrogens is 718 g/mol. The van der Waals surface area contributed by atoms with Crippen LogP contribution in [-0.2, 0) is 28.7 Å². The number of carbonyl (C=O) groups is 4. The van der Waals surface area contributed by atoms with E-state index in [-0.39, 0.29) is 11.5 Å². The van der Waals surface area contributed by atoms with Crippen LogP contribution in [0.25, 0.3) is 11.1 Å². The van der Waals surface area contributed by atoms with Crippen LogP contribution in [0.4, 0.5) is 0 Å². The highest BCUT2D eigenvalue weighted by Gasteiger charge is 2.31. The van der Waals surface area contributed by atoms with E-state index in [4.69, 9.17) is 18.9 Å². The maximum atomic E-state index is 13.4. The van der Waals surface area contributed by atoms with Crippen molar-refractivity contribution in [3.63, 3.8) is 0 Å². The fraction of sp³-hybridized carbons (Fsp3) is 0.0909. The van der Waals surface area contributed by atoms with Crippen molar-refractivity contribution >= 4 is 71.5 Å². The number of carbonyl (C=O) groups excluding carboxylic acids is 4. The maximum absolute atomic E-state index is 13.4. The molecule has 0 aromatic heterocycles. The van der Waals surface area contributed by atoms with E-state index in [0.717, 1.165) is 31.8 Å². The van der Waals surface area contributed by atoms with Gasteiger partial charge in [0.1, 0.15) is 24.3 Å². The minimum absolute atomic E-state index is 0.162. The molecule has 0 aliphatic carbocycles. The molecule has 0 atom stereocenters. The predicted octanol–water partition coefficient (Wildman–Crippen LogP) is 5.81. The third-order valence-electron chi connectivity index (χ3n) is 8.28. The summed E-state index contributed by atoms with van der Waals surface area (Å²) in [6.07, 6.45) is -1.23. The van der Waals surface area contributed by atoms with Crippen LogP contribution in [0.5, 0.6) is 11.5 Å². The summed E-state index contributed by atoms with van der Waals surface area (Å²) in [5.74, 6) is -2.81. The van der Waals surface area contributed by atoms with E-state index in [1.54, 1.807) is 12.1 Å². The van der Waals surface area contributed by atoms with Gasteiger partial charge in [-0.1, -0.05) is 146 Å². The summed E-state index contributed by atoms with van der Waals surface area (Å²) in [6, 6.07) is 51.0. The smallest absolute Gasteiger partial charge is 0.322 e. The number of methoxy groups -OCH3 is 2. The molecule has 6 aromatic rings. The van der Waals surface area contributed by atoms with E-state index in [1.165, 1.54) is 14.2 Å². The van der Waals surface area contributed by atoms with Crippen LogP contribution < -0.4 is 41.3 Å². The Morgan fingerprint density at radius 2 is 0.685 bits per heavy atom. The average Bonchev–Trinajstić information content (AvgIpc) is 3.20. The highest BCUT2D eigenvalue weighted by molar-refractivity contribution is 7.80. The van der Waals surface area contributed by atoms with Gasteiger partial charge in [-0.3, -0.25) is 19.2 Å². The fourth-order valence-corrected chi connectivity index (χ4v) is 10.9. The first kappa shape index (κ1) is 37.8. The Bertz CT molecular complexity index is 1990. The lowest BCUT2D eigenvalue weighted by Gasteiger charge is -2.28. The summed E-state index contributed by atoms with van der Waals surface area (Å²) in [4.78, 5) is 51.3. The zero-order valence-electron chi connectivity index (χ0n) is 29.6. The highest BCUT2D eigenvalue weighted by Crippen LogP contribution is 2.47. The van der Waals surface area contributed by atoms with Crippen molar-refractivity contribution in [1.29, 1.82) is 0 Å². The Morgan fingerprint density at radius 1 is 0.389 bits per heavy atom. The van der Waals surface area contributed by atoms with E-state index in [0.29, 0.717) is 11.1 Å². The van der Waals surface area contributed by atoms with Gasteiger partial charge in [-0.05, 0) is 59.8 Å². The Morgan fingerprint density at radius 3 is 0.963 bits per heavy atom. The van der Waals surface area contributed by atoms with Crippen LogP contribution in [0.2, 0.25) is 0 Å². The zero-order chi connectivity index (χ0) is 37.9. The topological polar surface area (TPSA) is 105 Å². The summed E-state index contributed by atoms with van der Waals surface area (Å²) in [6.45, 7) is 0. The molecule has 0 fully saturated rings. The quantitative estimate of drug-likeness (QED) is 0.0631. The molecule has 0 aliphatic rings. The zero-order valence-corrected chi connectivity index (χ0v) is 31.4. The van der Waals surface area contributed by atoms with Crippen molar-refractivity contribution in [3.8, 4) is 22.6 Å². The molecular formula is C44H36O8P2. The third-order valence-corrected chi connectivity index (χ3v) is 13.2. The van der Waals surface area contributed by atoms with Gasteiger partial charge in [-0.15, -0.1) is 0 Å². The normalized spacial score (nSPS) is 10.8. The first-order chi connectivity index (χ1) is 26.4. The number of rotatable bonds is 13. The lowest BCUT2D eigenvalue weighted by Crippen LogP contribution is -2.27. The van der Waals surface area contributed by atoms with E-state index < -0.39 is 52.6 Å². The SMILES string of the molecule is COC(=O)CC(=O)Oc1cccc(P(c2ccccc2)c2ccccc2)c1-c1c(OC(=O)CC(=O)OC)cccc1P(c1ccccc1)c1ccccc1. The number of hydrogen-bond acceptors (Lipinski definition) is 8. The van der Waals surface area contributed by atoms with Gasteiger partial charge in [0, 0.05) is 11.1 Å². The molecule has 0 radical (unpaired) electrons. The van der Waals surface area contributed by atoms with Crippen molar-refractivity contribution in [2.24, 2.45) is 0 Å². The van der Waals surface area contributed by atoms with Crippen LogP contribution in [-0.4, -0.2) is 38.1 Å². The van der Waals surface area contributed by atoms with Gasteiger partial charge in [-0.2, -0.15) is 0 Å². The number of esters is 4. The van der Waals surface area contributed by atoms with Gasteiger partial charge in [0.05, 0.1) is 14.2 Å². The summed E-state index contributed by atoms with van der Waals surface area (Å²) in [5, 5.41) is 5.70. The molecule has 0 aliphatic heterocycles. The van der Waals surface area contributed by atoms with Gasteiger partial charge < -0.3 is 18.9 Å². The van der Waals surface area contributed by atoms with Crippen LogP contribution in [0, 0.1) is 0 Å². The van der Waals surface area contributed by atoms with Gasteiger partial charge in [0.25, 0.3) is 0 Å². The second-order valence-corrected chi connectivity index (χ2v) is 16.1. The molecule has 270 valence electrons. The molecule has 0 saturated heterocycles. The largest absolute Gasteiger partial charge is 0.469 e. The molecule has 54 heavy (non-hydrogen) atoms. The number of ether oxygens (including phenoxy) is 4. The van der Waals surface area contributed by atoms with E-state index >= 15 is 0 Å². The molecule has 0 saturated carbocycles. The molecule has 0 N–H and O–H groups in total. The monoisotopic (exact) mass is 754 g/mol. The fourth-order valence-electron chi connectivity index (χ4n) is 5.94. The summed E-state index contributed by atoms with van der Waals surface area (Å²) < 4.78 is 21.7. The Kier molecular flexibility index (Phi) is 12.7. The van der Waals surface area contributed by atoms with Crippen LogP contribution in [0.1, 0.15) is 12.8 Å². The Labute approximate surface area is 316 Å². The van der Waals surface area contributed by atoms with Crippen LogP contribution in [0.15, 0.2) is 158 Å². The van der Waals surface area contributed by atoms with Gasteiger partial charge in [-0.25, -0.2) is 0 Å². The Hall–Kier alpha value is -5.94. The predicted molar refractivity (Wildman–Crippen MR) is 214 cm³/mol. The molecule has 0 amide bonds. The van der Waals surface area contributed by atoms with Crippen molar-refractivity contribution in [3.05, 3.63) is 158 Å². The standard InChI is InChI=1S/C44H36O8P2/c1-49-39(45)29-41(47)51-35-25-15-27-37(53(31-17-7-3-8-18-31)32-19-9-4-10-20-32)43(35)44-36(52-42(48)30-40(46)50-2)26-16-28-38(44)54(33-21-11-5-12-22-33)34-23-13-6-14-24-34/h3-28H,29-30H2,1-2H3. The minimum atomic E-state index is -1.33. The summed E-state index contributed by atoms with van der Waals surface area (Å²) >= 11 is 0. The maximum Gasteiger partial charge on any atom is 0.322 e. The van der Waals surface area contributed by atoms with Gasteiger partial charge in [0.15, 0.2) is 0 Å². The first-order valence-corrected chi connectivity index (χ1v) is 19.7. The molecule has 10 heteroatoms. The molecule has 0 spiro atoms. The second-order valence-electron chi connectivity index (χ2n) is 11.8. The van der Waals surface area contributed by atoms with Gasteiger partial charge in [0.2, 0.25) is 0 Å². The minimum Gasteiger partial charge on any atom is -0.469 e. The van der Waals surface area contributed by atoms with Crippen molar-refractivity contribution in [2.45, 2.75) is 12.8 Å². The molecule has 0 unspecified atom stereocenters. The second kappa shape index (κ2) is 18.2. The van der Waals surface area contributed by atoms with Crippen LogP contribution in [0.3, 0.4) is 0 Å². The van der Waals surface area contributed by atoms with E-state index in [1.807, 2.05) is 97.1 Å². The van der Waals surface area contributed by atoms with E-state index in [2.05, 4.69) is 48.5 Å². The van der Waals surface area contributed by atoms with Crippen molar-refractivity contribution in [2.75, 3.05) is 14.2 Å². The van der Waals surface area contributed by atoms with E-state index in [9.17, 15) is 19.2 Å². The molecule has 6 rings (SSSR count). The van der Waals surface area contributed by atoms with Crippen molar-refractivity contribution < 1.29 is 38.1 Å². The lowest BCUT2D eigenvalue weighted by molar-refractivity contribution is -0.150. The lowest BCUT2D eigenvalue weighted by atomic mass is 10.0. The first-order valence-electron chi connectivity index (χ1n) is 17.0. The summed E-state index contributed by atoms with van der Waals surface area (Å²) in [5.41, 5.74) is 1.01. The Balaban J connectivity index is 1.71. The van der Waals surface area contributed by atoms with Crippen LogP contribution >= 0.6 is 15.8 Å². The molecule has 0 bridgehead atoms. The average molecular weight is 755 g/mol. The van der Waals surface area contributed by atoms with Gasteiger partial charge >= 0.3 is 23.9 Å². The summed E-state index contributed by atoms with van der Waals surface area (Å²) in [7, 11) is -0.255. The molecule has 6 aromatic carbocycles. The highest BCUT2D eigenvalue weighted by atomic mass is 31.1. The van der Waals surface area contributed by atoms with Crippen molar-refractivity contribution in [1.82, 2.24) is 0 Å². The molecule has 8 nitrogen and oxygen atoms in total. The third kappa shape index (κ3) is 8.98.